The van der Waals surface area contributed by atoms with E-state index in [0.717, 1.165) is 12.8 Å². The molecule has 0 radical (unpaired) electrons. The van der Waals surface area contributed by atoms with Crippen LogP contribution in [0, 0.1) is 17.7 Å². The monoisotopic (exact) mass is 607 g/mol. The van der Waals surface area contributed by atoms with E-state index in [9.17, 15) is 4.79 Å². The molecule has 2 aromatic rings. The molecule has 2 saturated heterocycles. The molecule has 2 fully saturated rings. The molecular formula is C28H39ClFN5O3SSi. The second kappa shape index (κ2) is 11.3. The Hall–Kier alpha value is -2.13. The number of hydrogen-bond donors (Lipinski definition) is 0. The normalized spacial score (nSPS) is 19.6. The number of amides is 1. The lowest BCUT2D eigenvalue weighted by atomic mass is 10.1. The van der Waals surface area contributed by atoms with Gasteiger partial charge in [-0.1, -0.05) is 50.1 Å². The Balaban J connectivity index is 1.72. The van der Waals surface area contributed by atoms with Crippen molar-refractivity contribution in [1.29, 1.82) is 0 Å². The maximum atomic E-state index is 15.4. The van der Waals surface area contributed by atoms with E-state index in [2.05, 4.69) is 60.6 Å². The molecule has 1 amide bonds. The van der Waals surface area contributed by atoms with Crippen LogP contribution in [0.25, 0.3) is 10.9 Å². The van der Waals surface area contributed by atoms with Gasteiger partial charge in [0.2, 0.25) is 0 Å². The largest absolute Gasteiger partial charge is 0.444 e. The van der Waals surface area contributed by atoms with Crippen molar-refractivity contribution < 1.29 is 18.3 Å². The summed E-state index contributed by atoms with van der Waals surface area (Å²) in [5.74, 6) is 5.99. The van der Waals surface area contributed by atoms with Crippen molar-refractivity contribution >= 4 is 54.5 Å². The number of carbonyl (C=O) groups is 1. The summed E-state index contributed by atoms with van der Waals surface area (Å²) >= 11 is 7.54. The number of carbonyl (C=O) groups excluding carboxylic acids is 1. The first kappa shape index (κ1) is 30.8. The molecule has 12 heteroatoms. The lowest BCUT2D eigenvalue weighted by Gasteiger charge is -2.42. The molecule has 40 heavy (non-hydrogen) atoms. The van der Waals surface area contributed by atoms with E-state index in [4.69, 9.17) is 25.7 Å². The number of nitrogens with zero attached hydrogens (tertiary/aromatic N) is 5. The van der Waals surface area contributed by atoms with E-state index in [1.807, 2.05) is 31.9 Å². The SMILES string of the molecule is CSc1nc(N2C[C@H]3CC[C@@H](C2)N3C(=O)OC(C)(C)C)c2c(C#CCO[Si](C)(C)C(C)(C)C)nc(Cl)c(F)c2n1. The van der Waals surface area contributed by atoms with Gasteiger partial charge in [-0.25, -0.2) is 24.1 Å². The highest BCUT2D eigenvalue weighted by molar-refractivity contribution is 7.98. The van der Waals surface area contributed by atoms with Crippen molar-refractivity contribution in [2.24, 2.45) is 0 Å². The van der Waals surface area contributed by atoms with E-state index in [-0.39, 0.29) is 40.5 Å². The van der Waals surface area contributed by atoms with Crippen molar-refractivity contribution in [2.75, 3.05) is 30.9 Å². The van der Waals surface area contributed by atoms with Gasteiger partial charge in [-0.3, -0.25) is 4.90 Å². The van der Waals surface area contributed by atoms with Gasteiger partial charge in [-0.05, 0) is 63.9 Å². The van der Waals surface area contributed by atoms with Crippen molar-refractivity contribution in [1.82, 2.24) is 19.9 Å². The molecule has 2 aliphatic rings. The molecule has 0 aromatic carbocycles. The first-order valence-corrected chi connectivity index (χ1v) is 18.0. The fourth-order valence-electron chi connectivity index (χ4n) is 4.76. The Morgan fingerprint density at radius 2 is 1.75 bits per heavy atom. The molecule has 0 spiro atoms. The summed E-state index contributed by atoms with van der Waals surface area (Å²) in [7, 11) is -1.99. The van der Waals surface area contributed by atoms with E-state index in [0.29, 0.717) is 35.1 Å². The van der Waals surface area contributed by atoms with Crippen LogP contribution in [-0.2, 0) is 9.16 Å². The first-order chi connectivity index (χ1) is 18.5. The molecule has 0 unspecified atom stereocenters. The Morgan fingerprint density at radius 3 is 2.30 bits per heavy atom. The third-order valence-electron chi connectivity index (χ3n) is 7.79. The van der Waals surface area contributed by atoms with E-state index in [1.165, 1.54) is 11.8 Å². The molecule has 0 saturated carbocycles. The maximum absolute atomic E-state index is 15.4. The molecule has 218 valence electrons. The number of hydrogen-bond acceptors (Lipinski definition) is 8. The van der Waals surface area contributed by atoms with Crippen LogP contribution in [0.4, 0.5) is 15.0 Å². The fraction of sp³-hybridized carbons (Fsp3) is 0.643. The quantitative estimate of drug-likeness (QED) is 0.128. The second-order valence-corrected chi connectivity index (χ2v) is 18.8. The van der Waals surface area contributed by atoms with Gasteiger partial charge in [0.15, 0.2) is 24.4 Å². The van der Waals surface area contributed by atoms with E-state index >= 15 is 4.39 Å². The summed E-state index contributed by atoms with van der Waals surface area (Å²) in [6, 6.07) is -0.0945. The number of aromatic nitrogens is 3. The van der Waals surface area contributed by atoms with Crippen LogP contribution in [0.5, 0.6) is 0 Å². The number of thioether (sulfide) groups is 1. The van der Waals surface area contributed by atoms with Crippen LogP contribution in [0.3, 0.4) is 0 Å². The number of piperazine rings is 1. The van der Waals surface area contributed by atoms with E-state index in [1.54, 1.807) is 0 Å². The molecule has 2 aromatic heterocycles. The van der Waals surface area contributed by atoms with Crippen LogP contribution >= 0.6 is 23.4 Å². The smallest absolute Gasteiger partial charge is 0.410 e. The average Bonchev–Trinajstić information content (AvgIpc) is 3.12. The summed E-state index contributed by atoms with van der Waals surface area (Å²) in [5.41, 5.74) is -0.177. The topological polar surface area (TPSA) is 80.7 Å². The van der Waals surface area contributed by atoms with Gasteiger partial charge in [-0.15, -0.1) is 0 Å². The molecule has 8 nitrogen and oxygen atoms in total. The lowest BCUT2D eigenvalue weighted by molar-refractivity contribution is 0.0123. The molecule has 4 heterocycles. The standard InChI is InChI=1S/C28H39ClFN5O3SSi/c1-27(2,3)38-26(36)35-17-12-13-18(35)16-34(15-17)24-20-19(11-10-14-37-40(8,9)28(4,5)6)31-23(29)21(30)22(20)32-25(33-24)39-7/h17-18H,12-16H2,1-9H3/t17-,18+. The highest BCUT2D eigenvalue weighted by Crippen LogP contribution is 2.38. The predicted molar refractivity (Wildman–Crippen MR) is 161 cm³/mol. The number of fused-ring (bicyclic) bond motifs is 3. The minimum absolute atomic E-state index is 0.0472. The van der Waals surface area contributed by atoms with Crippen LogP contribution in [0.2, 0.25) is 23.3 Å². The summed E-state index contributed by atoms with van der Waals surface area (Å²) in [4.78, 5) is 30.5. The third-order valence-corrected chi connectivity index (χ3v) is 13.1. The molecule has 2 atom stereocenters. The maximum Gasteiger partial charge on any atom is 0.410 e. The van der Waals surface area contributed by atoms with Crippen LogP contribution in [0.1, 0.15) is 60.1 Å². The van der Waals surface area contributed by atoms with E-state index < -0.39 is 19.7 Å². The van der Waals surface area contributed by atoms with Crippen LogP contribution in [0.15, 0.2) is 5.16 Å². The first-order valence-electron chi connectivity index (χ1n) is 13.5. The van der Waals surface area contributed by atoms with Gasteiger partial charge in [-0.2, -0.15) is 0 Å². The van der Waals surface area contributed by atoms with Crippen LogP contribution < -0.4 is 4.90 Å². The highest BCUT2D eigenvalue weighted by atomic mass is 35.5. The molecule has 0 N–H and O–H groups in total. The molecule has 4 rings (SSSR count). The highest BCUT2D eigenvalue weighted by Gasteiger charge is 2.45. The van der Waals surface area contributed by atoms with Crippen molar-refractivity contribution in [3.8, 4) is 11.8 Å². The lowest BCUT2D eigenvalue weighted by Crippen LogP contribution is -2.57. The third kappa shape index (κ3) is 6.35. The van der Waals surface area contributed by atoms with Crippen molar-refractivity contribution in [2.45, 2.75) is 95.4 Å². The van der Waals surface area contributed by atoms with Gasteiger partial charge in [0.1, 0.15) is 22.6 Å². The number of rotatable bonds is 4. The van der Waals surface area contributed by atoms with Crippen molar-refractivity contribution in [3.63, 3.8) is 0 Å². The zero-order valence-electron chi connectivity index (χ0n) is 24.8. The number of ether oxygens (including phenoxy) is 1. The molecular weight excluding hydrogens is 569 g/mol. The Labute approximate surface area is 246 Å². The predicted octanol–water partition coefficient (Wildman–Crippen LogP) is 6.50. The number of anilines is 1. The zero-order chi connectivity index (χ0) is 29.6. The summed E-state index contributed by atoms with van der Waals surface area (Å²) in [6.07, 6.45) is 3.25. The van der Waals surface area contributed by atoms with Gasteiger partial charge in [0.25, 0.3) is 0 Å². The fourth-order valence-corrected chi connectivity index (χ4v) is 6.16. The summed E-state index contributed by atoms with van der Waals surface area (Å²) in [5, 5.41) is 0.610. The minimum atomic E-state index is -1.99. The number of pyridine rings is 1. The van der Waals surface area contributed by atoms with Gasteiger partial charge in [0, 0.05) is 13.1 Å². The van der Waals surface area contributed by atoms with Gasteiger partial charge >= 0.3 is 6.09 Å². The van der Waals surface area contributed by atoms with Gasteiger partial charge < -0.3 is 14.1 Å². The molecule has 2 aliphatic heterocycles. The summed E-state index contributed by atoms with van der Waals surface area (Å²) in [6.45, 7) is 17.7. The summed E-state index contributed by atoms with van der Waals surface area (Å²) < 4.78 is 27.3. The molecule has 0 aliphatic carbocycles. The van der Waals surface area contributed by atoms with Gasteiger partial charge in [0.05, 0.1) is 24.1 Å². The number of halogens is 2. The van der Waals surface area contributed by atoms with Crippen LogP contribution in [-0.4, -0.2) is 77.9 Å². The average molecular weight is 608 g/mol. The zero-order valence-corrected chi connectivity index (χ0v) is 27.4. The minimum Gasteiger partial charge on any atom is -0.444 e. The molecule has 2 bridgehead atoms. The second-order valence-electron chi connectivity index (χ2n) is 12.9. The Kier molecular flexibility index (Phi) is 8.68. The Bertz CT molecular complexity index is 1350. The van der Waals surface area contributed by atoms with Crippen molar-refractivity contribution in [3.05, 3.63) is 16.7 Å². The Morgan fingerprint density at radius 1 is 1.12 bits per heavy atom.